The maximum atomic E-state index is 13.9. The molecule has 2 atom stereocenters. The summed E-state index contributed by atoms with van der Waals surface area (Å²) in [5.41, 5.74) is 2.93. The van der Waals surface area contributed by atoms with Crippen molar-refractivity contribution in [2.24, 2.45) is 0 Å². The van der Waals surface area contributed by atoms with Crippen LogP contribution in [0.4, 0.5) is 4.39 Å². The Balaban J connectivity index is 1.60. The van der Waals surface area contributed by atoms with Crippen LogP contribution in [0.5, 0.6) is 5.75 Å². The van der Waals surface area contributed by atoms with Gasteiger partial charge in [0.25, 0.3) is 0 Å². The highest BCUT2D eigenvalue weighted by Crippen LogP contribution is 2.36. The third kappa shape index (κ3) is 4.10. The Labute approximate surface area is 178 Å². The van der Waals surface area contributed by atoms with Crippen molar-refractivity contribution >= 4 is 23.2 Å². The van der Waals surface area contributed by atoms with Crippen molar-refractivity contribution in [3.05, 3.63) is 63.9 Å². The molecule has 1 saturated heterocycles. The predicted octanol–water partition coefficient (Wildman–Crippen LogP) is 5.80. The highest BCUT2D eigenvalue weighted by atomic mass is 35.5. The lowest BCUT2D eigenvalue weighted by Crippen LogP contribution is -2.08. The molecule has 1 aliphatic heterocycles. The fourth-order valence-corrected chi connectivity index (χ4v) is 4.05. The van der Waals surface area contributed by atoms with Crippen molar-refractivity contribution in [2.45, 2.75) is 32.4 Å². The third-order valence-electron chi connectivity index (χ3n) is 5.04. The van der Waals surface area contributed by atoms with E-state index >= 15 is 0 Å². The van der Waals surface area contributed by atoms with E-state index in [0.717, 1.165) is 24.2 Å². The van der Waals surface area contributed by atoms with Crippen molar-refractivity contribution in [2.75, 3.05) is 13.2 Å². The van der Waals surface area contributed by atoms with Crippen molar-refractivity contribution in [1.82, 2.24) is 14.8 Å². The van der Waals surface area contributed by atoms with Gasteiger partial charge in [-0.05, 0) is 38.5 Å². The Morgan fingerprint density at radius 1 is 1.28 bits per heavy atom. The molecule has 0 aliphatic carbocycles. The maximum absolute atomic E-state index is 13.9. The number of benzene rings is 1. The van der Waals surface area contributed by atoms with E-state index in [1.807, 2.05) is 23.9 Å². The number of nitrogens with zero attached hydrogens (tertiary/aromatic N) is 3. The molecule has 0 amide bonds. The van der Waals surface area contributed by atoms with Crippen molar-refractivity contribution in [3.63, 3.8) is 0 Å². The fraction of sp³-hybridized carbons (Fsp3) is 0.333. The monoisotopic (exact) mass is 435 g/mol. The standard InChI is InChI=1S/C21H20Cl2FN3O2/c1-12-19(29-13(2)20-17(22)3-4-18(24)21(20)23)7-14(8-25-12)15-9-26-27(10-15)16-5-6-28-11-16/h3-4,7-10,13,16H,5-6,11H2,1-2H3/t13?,16-/m0/s1. The quantitative estimate of drug-likeness (QED) is 0.475. The summed E-state index contributed by atoms with van der Waals surface area (Å²) in [5.74, 6) is 0.0387. The SMILES string of the molecule is Cc1ncc(-c2cnn([C@H]3CCOC3)c2)cc1OC(C)c1c(Cl)ccc(F)c1Cl. The molecule has 0 radical (unpaired) electrons. The Kier molecular flexibility index (Phi) is 5.76. The van der Waals surface area contributed by atoms with Crippen LogP contribution in [0.15, 0.2) is 36.8 Å². The zero-order chi connectivity index (χ0) is 20.5. The molecule has 3 aromatic rings. The average molecular weight is 436 g/mol. The second-order valence-corrected chi connectivity index (χ2v) is 7.84. The summed E-state index contributed by atoms with van der Waals surface area (Å²) in [4.78, 5) is 4.44. The van der Waals surface area contributed by atoms with Gasteiger partial charge in [0.1, 0.15) is 17.7 Å². The van der Waals surface area contributed by atoms with Gasteiger partial charge < -0.3 is 9.47 Å². The van der Waals surface area contributed by atoms with E-state index in [1.165, 1.54) is 12.1 Å². The first-order valence-electron chi connectivity index (χ1n) is 9.33. The van der Waals surface area contributed by atoms with Gasteiger partial charge in [0.15, 0.2) is 0 Å². The summed E-state index contributed by atoms with van der Waals surface area (Å²) < 4.78 is 27.3. The van der Waals surface area contributed by atoms with Crippen LogP contribution in [-0.4, -0.2) is 28.0 Å². The summed E-state index contributed by atoms with van der Waals surface area (Å²) in [6, 6.07) is 4.86. The molecule has 0 saturated carbocycles. The van der Waals surface area contributed by atoms with Crippen LogP contribution in [0.1, 0.15) is 36.7 Å². The van der Waals surface area contributed by atoms with Crippen LogP contribution < -0.4 is 4.74 Å². The first kappa shape index (κ1) is 20.1. The topological polar surface area (TPSA) is 49.2 Å². The number of ether oxygens (including phenoxy) is 2. The van der Waals surface area contributed by atoms with Gasteiger partial charge in [-0.2, -0.15) is 5.10 Å². The molecule has 1 unspecified atom stereocenters. The molecule has 0 spiro atoms. The summed E-state index contributed by atoms with van der Waals surface area (Å²) >= 11 is 12.3. The van der Waals surface area contributed by atoms with Crippen molar-refractivity contribution in [1.29, 1.82) is 0 Å². The molecule has 5 nitrogen and oxygen atoms in total. The Morgan fingerprint density at radius 3 is 2.86 bits per heavy atom. The summed E-state index contributed by atoms with van der Waals surface area (Å²) in [6.07, 6.45) is 5.97. The van der Waals surface area contributed by atoms with Gasteiger partial charge in [-0.3, -0.25) is 9.67 Å². The zero-order valence-electron chi connectivity index (χ0n) is 16.0. The zero-order valence-corrected chi connectivity index (χ0v) is 17.5. The molecule has 1 aromatic carbocycles. The third-order valence-corrected chi connectivity index (χ3v) is 5.76. The molecule has 29 heavy (non-hydrogen) atoms. The largest absolute Gasteiger partial charge is 0.484 e. The van der Waals surface area contributed by atoms with Gasteiger partial charge in [0.05, 0.1) is 29.6 Å². The van der Waals surface area contributed by atoms with Gasteiger partial charge in [-0.15, -0.1) is 0 Å². The van der Waals surface area contributed by atoms with Gasteiger partial charge in [0.2, 0.25) is 0 Å². The first-order valence-corrected chi connectivity index (χ1v) is 10.1. The van der Waals surface area contributed by atoms with Gasteiger partial charge in [-0.25, -0.2) is 4.39 Å². The molecule has 1 fully saturated rings. The number of rotatable bonds is 5. The number of hydrogen-bond donors (Lipinski definition) is 0. The van der Waals surface area contributed by atoms with Crippen LogP contribution in [0, 0.1) is 12.7 Å². The van der Waals surface area contributed by atoms with E-state index < -0.39 is 11.9 Å². The van der Waals surface area contributed by atoms with Gasteiger partial charge in [0, 0.05) is 40.7 Å². The summed E-state index contributed by atoms with van der Waals surface area (Å²) in [5, 5.41) is 4.78. The molecular formula is C21H20Cl2FN3O2. The fourth-order valence-electron chi connectivity index (χ4n) is 3.37. The van der Waals surface area contributed by atoms with Gasteiger partial charge >= 0.3 is 0 Å². The molecule has 1 aliphatic rings. The lowest BCUT2D eigenvalue weighted by Gasteiger charge is -2.19. The van der Waals surface area contributed by atoms with E-state index in [0.29, 0.717) is 28.6 Å². The normalized spacial score (nSPS) is 17.5. The van der Waals surface area contributed by atoms with Crippen LogP contribution >= 0.6 is 23.2 Å². The molecule has 4 rings (SSSR count). The Hall–Kier alpha value is -2.15. The minimum atomic E-state index is -0.556. The first-order chi connectivity index (χ1) is 13.9. The van der Waals surface area contributed by atoms with E-state index in [2.05, 4.69) is 10.1 Å². The van der Waals surface area contributed by atoms with E-state index in [1.54, 1.807) is 19.3 Å². The average Bonchev–Trinajstić information content (AvgIpc) is 3.38. The number of halogens is 3. The highest BCUT2D eigenvalue weighted by Gasteiger charge is 2.21. The predicted molar refractivity (Wildman–Crippen MR) is 110 cm³/mol. The molecule has 0 N–H and O–H groups in total. The lowest BCUT2D eigenvalue weighted by molar-refractivity contribution is 0.184. The molecule has 0 bridgehead atoms. The minimum absolute atomic E-state index is 0.0353. The van der Waals surface area contributed by atoms with Crippen LogP contribution in [0.25, 0.3) is 11.1 Å². The number of aromatic nitrogens is 3. The van der Waals surface area contributed by atoms with Crippen LogP contribution in [0.2, 0.25) is 10.0 Å². The van der Waals surface area contributed by atoms with Gasteiger partial charge in [-0.1, -0.05) is 23.2 Å². The van der Waals surface area contributed by atoms with E-state index in [-0.39, 0.29) is 11.1 Å². The molecule has 152 valence electrons. The Morgan fingerprint density at radius 2 is 2.10 bits per heavy atom. The molecule has 3 heterocycles. The minimum Gasteiger partial charge on any atom is -0.484 e. The smallest absolute Gasteiger partial charge is 0.142 e. The molecule has 2 aromatic heterocycles. The summed E-state index contributed by atoms with van der Waals surface area (Å²) in [6.45, 7) is 5.05. The number of hydrogen-bond acceptors (Lipinski definition) is 4. The van der Waals surface area contributed by atoms with Crippen LogP contribution in [-0.2, 0) is 4.74 Å². The second kappa shape index (κ2) is 8.30. The Bertz CT molecular complexity index is 1030. The maximum Gasteiger partial charge on any atom is 0.142 e. The van der Waals surface area contributed by atoms with Crippen molar-refractivity contribution < 1.29 is 13.9 Å². The number of aryl methyl sites for hydroxylation is 1. The van der Waals surface area contributed by atoms with Crippen molar-refractivity contribution in [3.8, 4) is 16.9 Å². The van der Waals surface area contributed by atoms with Crippen LogP contribution in [0.3, 0.4) is 0 Å². The highest BCUT2D eigenvalue weighted by molar-refractivity contribution is 6.36. The summed E-state index contributed by atoms with van der Waals surface area (Å²) in [7, 11) is 0. The van der Waals surface area contributed by atoms with E-state index in [4.69, 9.17) is 32.7 Å². The molecule has 8 heteroatoms. The van der Waals surface area contributed by atoms with E-state index in [9.17, 15) is 4.39 Å². The molecular weight excluding hydrogens is 416 g/mol. The number of pyridine rings is 1. The lowest BCUT2D eigenvalue weighted by atomic mass is 10.1. The second-order valence-electron chi connectivity index (χ2n) is 7.05.